The Bertz CT molecular complexity index is 768. The van der Waals surface area contributed by atoms with Gasteiger partial charge in [0.05, 0.1) is 23.3 Å². The minimum absolute atomic E-state index is 0.682. The highest BCUT2D eigenvalue weighted by atomic mass is 79.9. The zero-order valence-corrected chi connectivity index (χ0v) is 12.1. The second kappa shape index (κ2) is 4.37. The third-order valence-electron chi connectivity index (χ3n) is 2.83. The molecule has 0 bridgehead atoms. The molecule has 2 aromatic heterocycles. The van der Waals surface area contributed by atoms with E-state index in [1.807, 2.05) is 31.4 Å². The van der Waals surface area contributed by atoms with Gasteiger partial charge in [0.15, 0.2) is 4.77 Å². The van der Waals surface area contributed by atoms with Crippen molar-refractivity contribution in [3.63, 3.8) is 0 Å². The van der Waals surface area contributed by atoms with E-state index in [0.717, 1.165) is 21.2 Å². The van der Waals surface area contributed by atoms with Crippen LogP contribution in [0.4, 0.5) is 0 Å². The van der Waals surface area contributed by atoms with Crippen molar-refractivity contribution in [2.24, 2.45) is 7.05 Å². The average Bonchev–Trinajstić information content (AvgIpc) is 2.84. The van der Waals surface area contributed by atoms with Gasteiger partial charge >= 0.3 is 0 Å². The van der Waals surface area contributed by atoms with E-state index in [2.05, 4.69) is 36.6 Å². The van der Waals surface area contributed by atoms with Gasteiger partial charge in [-0.2, -0.15) is 5.10 Å². The zero-order valence-electron chi connectivity index (χ0n) is 9.72. The fourth-order valence-electron chi connectivity index (χ4n) is 2.00. The third-order valence-corrected chi connectivity index (χ3v) is 3.64. The molecule has 2 heterocycles. The Morgan fingerprint density at radius 2 is 2.22 bits per heavy atom. The second-order valence-electron chi connectivity index (χ2n) is 4.16. The zero-order chi connectivity index (χ0) is 12.7. The van der Waals surface area contributed by atoms with Crippen LogP contribution in [0.2, 0.25) is 0 Å². The monoisotopic (exact) mass is 322 g/mol. The molecule has 6 heteroatoms. The minimum atomic E-state index is 0.682. The first-order valence-electron chi connectivity index (χ1n) is 5.50. The molecule has 0 spiro atoms. The number of nitrogens with one attached hydrogen (secondary N) is 1. The normalized spacial score (nSPS) is 11.2. The Balaban J connectivity index is 2.11. The number of hydrogen-bond acceptors (Lipinski definition) is 2. The van der Waals surface area contributed by atoms with E-state index < -0.39 is 0 Å². The number of benzene rings is 1. The highest BCUT2D eigenvalue weighted by molar-refractivity contribution is 9.10. The predicted molar refractivity (Wildman–Crippen MR) is 77.1 cm³/mol. The van der Waals surface area contributed by atoms with Crippen molar-refractivity contribution in [3.05, 3.63) is 45.4 Å². The molecule has 18 heavy (non-hydrogen) atoms. The Morgan fingerprint density at radius 1 is 1.39 bits per heavy atom. The largest absolute Gasteiger partial charge is 0.331 e. The Kier molecular flexibility index (Phi) is 2.83. The molecule has 0 aliphatic heterocycles. The Labute approximate surface area is 117 Å². The number of aromatic amines is 1. The molecule has 3 aromatic rings. The summed E-state index contributed by atoms with van der Waals surface area (Å²) in [5.74, 6) is 0. The molecule has 1 N–H and O–H groups in total. The molecular weight excluding hydrogens is 312 g/mol. The molecule has 1 aromatic carbocycles. The molecule has 4 nitrogen and oxygen atoms in total. The SMILES string of the molecule is Cn1ccc(Cn2c(=S)[nH]c3cc(Br)ccc32)n1. The van der Waals surface area contributed by atoms with Crippen LogP contribution in [0.25, 0.3) is 11.0 Å². The molecule has 0 saturated heterocycles. The van der Waals surface area contributed by atoms with Gasteiger partial charge in [0.1, 0.15) is 0 Å². The van der Waals surface area contributed by atoms with Crippen LogP contribution in [0.15, 0.2) is 34.9 Å². The maximum Gasteiger partial charge on any atom is 0.178 e. The van der Waals surface area contributed by atoms with E-state index in [-0.39, 0.29) is 0 Å². The van der Waals surface area contributed by atoms with Gasteiger partial charge in [0.2, 0.25) is 0 Å². The molecule has 0 fully saturated rings. The van der Waals surface area contributed by atoms with Gasteiger partial charge in [0.25, 0.3) is 0 Å². The summed E-state index contributed by atoms with van der Waals surface area (Å²) in [6.07, 6.45) is 1.93. The smallest absolute Gasteiger partial charge is 0.178 e. The van der Waals surface area contributed by atoms with Crippen molar-refractivity contribution in [1.29, 1.82) is 0 Å². The first-order chi connectivity index (χ1) is 8.63. The van der Waals surface area contributed by atoms with Crippen LogP contribution in [0.3, 0.4) is 0 Å². The van der Waals surface area contributed by atoms with Gasteiger partial charge < -0.3 is 9.55 Å². The van der Waals surface area contributed by atoms with Gasteiger partial charge in [-0.15, -0.1) is 0 Å². The van der Waals surface area contributed by atoms with Crippen molar-refractivity contribution in [2.45, 2.75) is 6.54 Å². The lowest BCUT2D eigenvalue weighted by atomic mass is 10.3. The summed E-state index contributed by atoms with van der Waals surface area (Å²) in [5.41, 5.74) is 3.12. The standard InChI is InChI=1S/C12H11BrN4S/c1-16-5-4-9(15-16)7-17-11-3-2-8(13)6-10(11)14-12(17)18/h2-6H,7H2,1H3,(H,14,18). The summed E-state index contributed by atoms with van der Waals surface area (Å²) in [4.78, 5) is 3.21. The van der Waals surface area contributed by atoms with Crippen LogP contribution >= 0.6 is 28.1 Å². The number of hydrogen-bond donors (Lipinski definition) is 1. The highest BCUT2D eigenvalue weighted by Gasteiger charge is 2.06. The number of H-pyrrole nitrogens is 1. The number of halogens is 1. The maximum absolute atomic E-state index is 5.36. The van der Waals surface area contributed by atoms with E-state index >= 15 is 0 Å². The van der Waals surface area contributed by atoms with Crippen LogP contribution < -0.4 is 0 Å². The molecule has 0 radical (unpaired) electrons. The van der Waals surface area contributed by atoms with Crippen LogP contribution in [0.1, 0.15) is 5.69 Å². The summed E-state index contributed by atoms with van der Waals surface area (Å²) in [6, 6.07) is 8.09. The van der Waals surface area contributed by atoms with Gasteiger partial charge in [-0.1, -0.05) is 15.9 Å². The highest BCUT2D eigenvalue weighted by Crippen LogP contribution is 2.20. The lowest BCUT2D eigenvalue weighted by Crippen LogP contribution is -2.01. The van der Waals surface area contributed by atoms with Crippen molar-refractivity contribution in [1.82, 2.24) is 19.3 Å². The van der Waals surface area contributed by atoms with Crippen LogP contribution in [-0.2, 0) is 13.6 Å². The maximum atomic E-state index is 5.36. The van der Waals surface area contributed by atoms with E-state index in [0.29, 0.717) is 11.3 Å². The van der Waals surface area contributed by atoms with Gasteiger partial charge in [-0.25, -0.2) is 0 Å². The third kappa shape index (κ3) is 2.02. The molecule has 92 valence electrons. The van der Waals surface area contributed by atoms with E-state index in [1.165, 1.54) is 0 Å². The summed E-state index contributed by atoms with van der Waals surface area (Å²) >= 11 is 8.82. The van der Waals surface area contributed by atoms with Crippen LogP contribution in [0, 0.1) is 4.77 Å². The second-order valence-corrected chi connectivity index (χ2v) is 5.46. The fraction of sp³-hybridized carbons (Fsp3) is 0.167. The molecule has 0 aliphatic carbocycles. The van der Waals surface area contributed by atoms with Crippen molar-refractivity contribution in [3.8, 4) is 0 Å². The Morgan fingerprint density at radius 3 is 2.94 bits per heavy atom. The first kappa shape index (κ1) is 11.7. The molecule has 0 amide bonds. The van der Waals surface area contributed by atoms with Crippen LogP contribution in [0.5, 0.6) is 0 Å². The lowest BCUT2D eigenvalue weighted by molar-refractivity contribution is 0.710. The molecule has 0 aliphatic rings. The summed E-state index contributed by atoms with van der Waals surface area (Å²) in [5, 5.41) is 4.38. The number of aromatic nitrogens is 4. The average molecular weight is 323 g/mol. The van der Waals surface area contributed by atoms with E-state index in [1.54, 1.807) is 4.68 Å². The topological polar surface area (TPSA) is 38.5 Å². The quantitative estimate of drug-likeness (QED) is 0.735. The minimum Gasteiger partial charge on any atom is -0.331 e. The summed E-state index contributed by atoms with van der Waals surface area (Å²) in [6.45, 7) is 0.682. The number of fused-ring (bicyclic) bond motifs is 1. The molecule has 3 rings (SSSR count). The lowest BCUT2D eigenvalue weighted by Gasteiger charge is -2.01. The molecular formula is C12H11BrN4S. The summed E-state index contributed by atoms with van der Waals surface area (Å²) < 4.78 is 5.61. The molecule has 0 unspecified atom stereocenters. The summed E-state index contributed by atoms with van der Waals surface area (Å²) in [7, 11) is 1.91. The van der Waals surface area contributed by atoms with Crippen LogP contribution in [-0.4, -0.2) is 19.3 Å². The Hall–Kier alpha value is -1.40. The number of imidazole rings is 1. The van der Waals surface area contributed by atoms with Crippen molar-refractivity contribution >= 4 is 39.2 Å². The van der Waals surface area contributed by atoms with E-state index in [9.17, 15) is 0 Å². The van der Waals surface area contributed by atoms with Gasteiger partial charge in [-0.05, 0) is 36.5 Å². The number of nitrogens with zero attached hydrogens (tertiary/aromatic N) is 3. The first-order valence-corrected chi connectivity index (χ1v) is 6.70. The van der Waals surface area contributed by atoms with Gasteiger partial charge in [0, 0.05) is 17.7 Å². The van der Waals surface area contributed by atoms with E-state index in [4.69, 9.17) is 12.2 Å². The van der Waals surface area contributed by atoms with Crippen molar-refractivity contribution in [2.75, 3.05) is 0 Å². The molecule has 0 saturated carbocycles. The number of aryl methyl sites for hydroxylation is 1. The number of rotatable bonds is 2. The predicted octanol–water partition coefficient (Wildman–Crippen LogP) is 3.24. The van der Waals surface area contributed by atoms with Crippen molar-refractivity contribution < 1.29 is 0 Å². The molecule has 0 atom stereocenters. The van der Waals surface area contributed by atoms with Gasteiger partial charge in [-0.3, -0.25) is 4.68 Å². The fourth-order valence-corrected chi connectivity index (χ4v) is 2.64.